The second-order valence-electron chi connectivity index (χ2n) is 5.42. The molecule has 0 radical (unpaired) electrons. The molecule has 1 aromatic rings. The van der Waals surface area contributed by atoms with E-state index in [1.54, 1.807) is 0 Å². The zero-order chi connectivity index (χ0) is 13.8. The minimum absolute atomic E-state index is 0.165. The zero-order valence-electron chi connectivity index (χ0n) is 11.5. The smallest absolute Gasteiger partial charge is 0.223 e. The molecular weight excluding hydrogens is 304 g/mol. The van der Waals surface area contributed by atoms with Crippen molar-refractivity contribution in [1.82, 2.24) is 10.2 Å². The fraction of sp³-hybridized carbons (Fsp3) is 0.533. The molecule has 1 N–H and O–H groups in total. The average molecular weight is 325 g/mol. The van der Waals surface area contributed by atoms with Crippen molar-refractivity contribution in [3.8, 4) is 0 Å². The van der Waals surface area contributed by atoms with Crippen LogP contribution in [-0.2, 0) is 4.79 Å². The first-order valence-electron chi connectivity index (χ1n) is 6.76. The quantitative estimate of drug-likeness (QED) is 0.816. The Morgan fingerprint density at radius 2 is 2.16 bits per heavy atom. The topological polar surface area (TPSA) is 32.3 Å². The fourth-order valence-corrected chi connectivity index (χ4v) is 2.92. The Morgan fingerprint density at radius 3 is 2.84 bits per heavy atom. The van der Waals surface area contributed by atoms with E-state index in [1.165, 1.54) is 5.56 Å². The number of nitrogens with zero attached hydrogens (tertiary/aromatic N) is 1. The summed E-state index contributed by atoms with van der Waals surface area (Å²) in [6, 6.07) is 8.19. The molecule has 0 aromatic heterocycles. The average Bonchev–Trinajstić information content (AvgIpc) is 3.15. The van der Waals surface area contributed by atoms with Crippen LogP contribution in [0.25, 0.3) is 0 Å². The van der Waals surface area contributed by atoms with E-state index in [0.29, 0.717) is 5.92 Å². The van der Waals surface area contributed by atoms with E-state index in [0.717, 1.165) is 30.4 Å². The predicted octanol–water partition coefficient (Wildman–Crippen LogP) is 2.62. The molecule has 19 heavy (non-hydrogen) atoms. The number of benzene rings is 1. The first-order valence-corrected chi connectivity index (χ1v) is 7.55. The van der Waals surface area contributed by atoms with Crippen LogP contribution in [0.4, 0.5) is 0 Å². The molecule has 0 saturated heterocycles. The highest BCUT2D eigenvalue weighted by Crippen LogP contribution is 2.49. The van der Waals surface area contributed by atoms with E-state index < -0.39 is 0 Å². The number of amides is 1. The summed E-state index contributed by atoms with van der Waals surface area (Å²) in [5, 5.41) is 3.04. The van der Waals surface area contributed by atoms with Gasteiger partial charge in [0.15, 0.2) is 0 Å². The molecule has 0 bridgehead atoms. The summed E-state index contributed by atoms with van der Waals surface area (Å²) in [7, 11) is 4.09. The van der Waals surface area contributed by atoms with Crippen molar-refractivity contribution in [2.45, 2.75) is 18.8 Å². The van der Waals surface area contributed by atoms with Crippen LogP contribution in [-0.4, -0.2) is 38.0 Å². The largest absolute Gasteiger partial charge is 0.356 e. The molecule has 0 heterocycles. The van der Waals surface area contributed by atoms with Crippen LogP contribution >= 0.6 is 15.9 Å². The number of carbonyl (C=O) groups is 1. The normalized spacial score (nSPS) is 21.5. The van der Waals surface area contributed by atoms with Crippen LogP contribution in [0.15, 0.2) is 28.7 Å². The minimum Gasteiger partial charge on any atom is -0.356 e. The molecule has 2 rings (SSSR count). The van der Waals surface area contributed by atoms with Gasteiger partial charge >= 0.3 is 0 Å². The van der Waals surface area contributed by atoms with Crippen LogP contribution in [0, 0.1) is 5.92 Å². The van der Waals surface area contributed by atoms with E-state index in [1.807, 2.05) is 32.3 Å². The molecule has 4 heteroatoms. The number of carbonyl (C=O) groups excluding carboxylic acids is 1. The molecule has 104 valence electrons. The summed E-state index contributed by atoms with van der Waals surface area (Å²) in [4.78, 5) is 14.1. The van der Waals surface area contributed by atoms with Crippen LogP contribution < -0.4 is 5.32 Å². The monoisotopic (exact) mass is 324 g/mol. The van der Waals surface area contributed by atoms with Gasteiger partial charge in [-0.3, -0.25) is 4.79 Å². The lowest BCUT2D eigenvalue weighted by molar-refractivity contribution is -0.122. The van der Waals surface area contributed by atoms with Gasteiger partial charge in [-0.2, -0.15) is 0 Å². The summed E-state index contributed by atoms with van der Waals surface area (Å²) < 4.78 is 1.11. The molecule has 1 fully saturated rings. The lowest BCUT2D eigenvalue weighted by atomic mass is 10.1. The molecule has 1 saturated carbocycles. The maximum absolute atomic E-state index is 12.0. The van der Waals surface area contributed by atoms with Crippen LogP contribution in [0.5, 0.6) is 0 Å². The van der Waals surface area contributed by atoms with Crippen LogP contribution in [0.1, 0.15) is 24.3 Å². The van der Waals surface area contributed by atoms with E-state index in [4.69, 9.17) is 0 Å². The summed E-state index contributed by atoms with van der Waals surface area (Å²) in [5.41, 5.74) is 1.26. The highest BCUT2D eigenvalue weighted by Gasteiger charge is 2.44. The molecular formula is C15H21BrN2O. The van der Waals surface area contributed by atoms with Crippen LogP contribution in [0.3, 0.4) is 0 Å². The van der Waals surface area contributed by atoms with Gasteiger partial charge in [0.05, 0.1) is 0 Å². The lowest BCUT2D eigenvalue weighted by Crippen LogP contribution is -2.28. The maximum atomic E-state index is 12.0. The Balaban J connectivity index is 1.76. The molecule has 2 unspecified atom stereocenters. The fourth-order valence-electron chi connectivity index (χ4n) is 2.34. The zero-order valence-corrected chi connectivity index (χ0v) is 13.1. The molecule has 1 amide bonds. The molecule has 0 aliphatic heterocycles. The van der Waals surface area contributed by atoms with Crippen LogP contribution in [0.2, 0.25) is 0 Å². The van der Waals surface area contributed by atoms with E-state index in [9.17, 15) is 4.79 Å². The third-order valence-corrected chi connectivity index (χ3v) is 4.24. The third-order valence-electron chi connectivity index (χ3n) is 3.51. The van der Waals surface area contributed by atoms with E-state index >= 15 is 0 Å². The van der Waals surface area contributed by atoms with Gasteiger partial charge in [-0.1, -0.05) is 34.1 Å². The SMILES string of the molecule is CN(C)CCCNC(=O)C1CC1c1ccccc1Br. The van der Waals surface area contributed by atoms with Gasteiger partial charge in [-0.05, 0) is 51.0 Å². The second kappa shape index (κ2) is 6.53. The minimum atomic E-state index is 0.165. The highest BCUT2D eigenvalue weighted by molar-refractivity contribution is 9.10. The Hall–Kier alpha value is -0.870. The third kappa shape index (κ3) is 4.05. The van der Waals surface area contributed by atoms with Crippen molar-refractivity contribution < 1.29 is 4.79 Å². The molecule has 1 aliphatic carbocycles. The molecule has 1 aromatic carbocycles. The number of hydrogen-bond donors (Lipinski definition) is 1. The molecule has 2 atom stereocenters. The Kier molecular flexibility index (Phi) is 4.99. The van der Waals surface area contributed by atoms with Crippen molar-refractivity contribution >= 4 is 21.8 Å². The number of rotatable bonds is 6. The highest BCUT2D eigenvalue weighted by atomic mass is 79.9. The maximum Gasteiger partial charge on any atom is 0.223 e. The Bertz CT molecular complexity index is 448. The van der Waals surface area contributed by atoms with Crippen molar-refractivity contribution in [2.75, 3.05) is 27.2 Å². The van der Waals surface area contributed by atoms with Gasteiger partial charge in [-0.25, -0.2) is 0 Å². The Labute approximate surface area is 123 Å². The second-order valence-corrected chi connectivity index (χ2v) is 6.27. The Morgan fingerprint density at radius 1 is 1.42 bits per heavy atom. The number of nitrogens with one attached hydrogen (secondary N) is 1. The molecule has 1 aliphatic rings. The first kappa shape index (κ1) is 14.5. The van der Waals surface area contributed by atoms with Gasteiger partial charge in [-0.15, -0.1) is 0 Å². The van der Waals surface area contributed by atoms with Gasteiger partial charge < -0.3 is 10.2 Å². The summed E-state index contributed by atoms with van der Waals surface area (Å²) in [5.74, 6) is 0.766. The molecule has 0 spiro atoms. The van der Waals surface area contributed by atoms with Gasteiger partial charge in [0.2, 0.25) is 5.91 Å². The summed E-state index contributed by atoms with van der Waals surface area (Å²) in [6.07, 6.45) is 1.98. The standard InChI is InChI=1S/C15H21BrN2O/c1-18(2)9-5-8-17-15(19)13-10-12(13)11-6-3-4-7-14(11)16/h3-4,6-7,12-13H,5,8-10H2,1-2H3,(H,17,19). The van der Waals surface area contributed by atoms with Crippen molar-refractivity contribution in [3.63, 3.8) is 0 Å². The molecule has 3 nitrogen and oxygen atoms in total. The van der Waals surface area contributed by atoms with Gasteiger partial charge in [0.1, 0.15) is 0 Å². The lowest BCUT2D eigenvalue weighted by Gasteiger charge is -2.10. The van der Waals surface area contributed by atoms with Gasteiger partial charge in [0.25, 0.3) is 0 Å². The van der Waals surface area contributed by atoms with Crippen molar-refractivity contribution in [2.24, 2.45) is 5.92 Å². The van der Waals surface area contributed by atoms with Gasteiger partial charge in [0, 0.05) is 16.9 Å². The van der Waals surface area contributed by atoms with Crippen molar-refractivity contribution in [3.05, 3.63) is 34.3 Å². The predicted molar refractivity (Wildman–Crippen MR) is 81.2 cm³/mol. The number of hydrogen-bond acceptors (Lipinski definition) is 2. The first-order chi connectivity index (χ1) is 9.09. The van der Waals surface area contributed by atoms with E-state index in [-0.39, 0.29) is 11.8 Å². The summed E-state index contributed by atoms with van der Waals surface area (Å²) in [6.45, 7) is 1.79. The van der Waals surface area contributed by atoms with E-state index in [2.05, 4.69) is 32.2 Å². The number of halogens is 1. The summed E-state index contributed by atoms with van der Waals surface area (Å²) >= 11 is 3.56. The van der Waals surface area contributed by atoms with Crippen molar-refractivity contribution in [1.29, 1.82) is 0 Å².